The van der Waals surface area contributed by atoms with Crippen LogP contribution >= 0.6 is 0 Å². The second-order valence-corrected chi connectivity index (χ2v) is 8.15. The zero-order valence-corrected chi connectivity index (χ0v) is 17.2. The molecule has 0 spiro atoms. The molecule has 6 N–H and O–H groups in total. The number of aliphatic hydroxyl groups is 3. The Kier molecular flexibility index (Phi) is 6.45. The van der Waals surface area contributed by atoms with Gasteiger partial charge in [0.25, 0.3) is 0 Å². The summed E-state index contributed by atoms with van der Waals surface area (Å²) in [5.41, 5.74) is 0.593. The summed E-state index contributed by atoms with van der Waals surface area (Å²) in [5, 5.41) is 59.1. The van der Waals surface area contributed by atoms with Crippen LogP contribution in [-0.2, 0) is 23.7 Å². The lowest BCUT2D eigenvalue weighted by atomic mass is 9.90. The lowest BCUT2D eigenvalue weighted by Gasteiger charge is -2.42. The molecule has 2 fully saturated rings. The Morgan fingerprint density at radius 2 is 1.76 bits per heavy atom. The van der Waals surface area contributed by atoms with Gasteiger partial charge in [0.1, 0.15) is 37.1 Å². The highest BCUT2D eigenvalue weighted by Crippen LogP contribution is 2.36. The van der Waals surface area contributed by atoms with Crippen molar-refractivity contribution >= 4 is 11.9 Å². The molecule has 3 aliphatic rings. The van der Waals surface area contributed by atoms with Crippen molar-refractivity contribution in [2.75, 3.05) is 6.61 Å². The van der Waals surface area contributed by atoms with E-state index in [4.69, 9.17) is 18.9 Å². The van der Waals surface area contributed by atoms with E-state index in [9.17, 15) is 40.2 Å². The maximum atomic E-state index is 12.2. The molecule has 2 aliphatic heterocycles. The molecule has 7 atom stereocenters. The standard InChI is InChI=1S/C21H24O12/c22-11-3-9(4-12(23)16(11)25)20(29)30-7-14-17(26)18(27)19(28)21(33-14)31-10-2-1-8-5-15(24)32-13(8)6-10/h3-5,10,13-14,17-19,21-23,25-28H,1-2,6-7H2/t10-,13-,14+,17+,18-,19+,21+/m0/s1. The topological polar surface area (TPSA) is 192 Å². The Morgan fingerprint density at radius 3 is 2.45 bits per heavy atom. The van der Waals surface area contributed by atoms with E-state index >= 15 is 0 Å². The highest BCUT2D eigenvalue weighted by atomic mass is 16.7. The molecule has 4 rings (SSSR count). The molecule has 0 radical (unpaired) electrons. The van der Waals surface area contributed by atoms with Gasteiger partial charge < -0.3 is 49.6 Å². The SMILES string of the molecule is O=C1C=C2CC[C@H](O[C@@H]3O[C@H](COC(=O)c4cc(O)c(O)c(O)c4)[C@@H](O)[C@H](O)[C@H]3O)C[C@@H]2O1. The molecule has 12 heteroatoms. The lowest BCUT2D eigenvalue weighted by Crippen LogP contribution is -2.60. The summed E-state index contributed by atoms with van der Waals surface area (Å²) in [6.45, 7) is -0.552. The van der Waals surface area contributed by atoms with Crippen LogP contribution in [0.25, 0.3) is 0 Å². The minimum Gasteiger partial charge on any atom is -0.504 e. The molecule has 1 saturated heterocycles. The zero-order valence-electron chi connectivity index (χ0n) is 17.2. The van der Waals surface area contributed by atoms with E-state index in [0.717, 1.165) is 17.7 Å². The molecule has 1 aromatic rings. The van der Waals surface area contributed by atoms with Crippen molar-refractivity contribution in [3.63, 3.8) is 0 Å². The van der Waals surface area contributed by atoms with Crippen LogP contribution in [0.3, 0.4) is 0 Å². The number of rotatable bonds is 5. The van der Waals surface area contributed by atoms with E-state index in [1.807, 2.05) is 0 Å². The number of phenols is 3. The number of phenolic OH excluding ortho intramolecular Hbond substituents is 3. The Bertz CT molecular complexity index is 936. The van der Waals surface area contributed by atoms with Crippen LogP contribution in [0.5, 0.6) is 17.2 Å². The summed E-state index contributed by atoms with van der Waals surface area (Å²) in [6.07, 6.45) is -5.44. The first-order chi connectivity index (χ1) is 15.6. The molecule has 2 heterocycles. The van der Waals surface area contributed by atoms with E-state index in [1.54, 1.807) is 0 Å². The van der Waals surface area contributed by atoms with Crippen molar-refractivity contribution < 1.29 is 59.2 Å². The smallest absolute Gasteiger partial charge is 0.338 e. The van der Waals surface area contributed by atoms with Crippen molar-refractivity contribution in [2.24, 2.45) is 0 Å². The number of aliphatic hydroxyl groups excluding tert-OH is 3. The molecule has 12 nitrogen and oxygen atoms in total. The lowest BCUT2D eigenvalue weighted by molar-refractivity contribution is -0.313. The van der Waals surface area contributed by atoms with Gasteiger partial charge in [-0.1, -0.05) is 0 Å². The number of carbonyl (C=O) groups is 2. The van der Waals surface area contributed by atoms with Crippen LogP contribution in [0.4, 0.5) is 0 Å². The minimum absolute atomic E-state index is 0.279. The highest BCUT2D eigenvalue weighted by Gasteiger charge is 2.46. The summed E-state index contributed by atoms with van der Waals surface area (Å²) in [7, 11) is 0. The molecule has 0 aromatic heterocycles. The van der Waals surface area contributed by atoms with Crippen LogP contribution in [-0.4, -0.2) is 92.1 Å². The van der Waals surface area contributed by atoms with Gasteiger partial charge in [0.2, 0.25) is 0 Å². The molecular weight excluding hydrogens is 444 g/mol. The van der Waals surface area contributed by atoms with Crippen LogP contribution in [0, 0.1) is 0 Å². The van der Waals surface area contributed by atoms with Crippen LogP contribution in [0.2, 0.25) is 0 Å². The van der Waals surface area contributed by atoms with Gasteiger partial charge in [-0.2, -0.15) is 0 Å². The van der Waals surface area contributed by atoms with Crippen molar-refractivity contribution in [3.05, 3.63) is 29.3 Å². The van der Waals surface area contributed by atoms with E-state index in [0.29, 0.717) is 19.3 Å². The summed E-state index contributed by atoms with van der Waals surface area (Å²) in [6, 6.07) is 1.75. The highest BCUT2D eigenvalue weighted by molar-refractivity contribution is 5.91. The number of hydrogen-bond acceptors (Lipinski definition) is 12. The summed E-state index contributed by atoms with van der Waals surface area (Å²) >= 11 is 0. The van der Waals surface area contributed by atoms with Gasteiger partial charge in [0, 0.05) is 12.5 Å². The van der Waals surface area contributed by atoms with E-state index < -0.39 is 78.7 Å². The summed E-state index contributed by atoms with van der Waals surface area (Å²) in [5.74, 6) is -3.69. The van der Waals surface area contributed by atoms with Crippen molar-refractivity contribution in [1.82, 2.24) is 0 Å². The molecular formula is C21H24O12. The Labute approximate surface area is 187 Å². The summed E-state index contributed by atoms with van der Waals surface area (Å²) in [4.78, 5) is 23.7. The minimum atomic E-state index is -1.66. The molecule has 0 unspecified atom stereocenters. The molecule has 180 valence electrons. The Balaban J connectivity index is 1.37. The van der Waals surface area contributed by atoms with Crippen LogP contribution < -0.4 is 0 Å². The maximum absolute atomic E-state index is 12.2. The van der Waals surface area contributed by atoms with E-state index in [2.05, 4.69) is 0 Å². The van der Waals surface area contributed by atoms with Gasteiger partial charge in [-0.3, -0.25) is 0 Å². The first-order valence-corrected chi connectivity index (χ1v) is 10.3. The van der Waals surface area contributed by atoms with Crippen molar-refractivity contribution in [1.29, 1.82) is 0 Å². The zero-order chi connectivity index (χ0) is 23.9. The number of fused-ring (bicyclic) bond motifs is 1. The molecule has 0 amide bonds. The third-order valence-electron chi connectivity index (χ3n) is 5.89. The third kappa shape index (κ3) is 4.75. The van der Waals surface area contributed by atoms with Gasteiger partial charge in [-0.15, -0.1) is 0 Å². The molecule has 1 aromatic carbocycles. The monoisotopic (exact) mass is 468 g/mol. The summed E-state index contributed by atoms with van der Waals surface area (Å²) < 4.78 is 21.6. The third-order valence-corrected chi connectivity index (χ3v) is 5.89. The first kappa shape index (κ1) is 23.3. The molecule has 1 saturated carbocycles. The number of hydrogen-bond donors (Lipinski definition) is 6. The normalized spacial score (nSPS) is 33.7. The molecule has 33 heavy (non-hydrogen) atoms. The number of carbonyl (C=O) groups excluding carboxylic acids is 2. The largest absolute Gasteiger partial charge is 0.504 e. The number of aromatic hydroxyl groups is 3. The van der Waals surface area contributed by atoms with Gasteiger partial charge >= 0.3 is 11.9 Å². The maximum Gasteiger partial charge on any atom is 0.338 e. The fourth-order valence-electron chi connectivity index (χ4n) is 4.05. The molecule has 0 bridgehead atoms. The molecule has 1 aliphatic carbocycles. The average molecular weight is 468 g/mol. The van der Waals surface area contributed by atoms with Gasteiger partial charge in [0.05, 0.1) is 11.7 Å². The number of esters is 2. The second-order valence-electron chi connectivity index (χ2n) is 8.15. The van der Waals surface area contributed by atoms with Gasteiger partial charge in [-0.05, 0) is 30.5 Å². The fourth-order valence-corrected chi connectivity index (χ4v) is 4.05. The Hall–Kier alpha value is -2.90. The number of ether oxygens (including phenoxy) is 4. The fraction of sp³-hybridized carbons (Fsp3) is 0.524. The first-order valence-electron chi connectivity index (χ1n) is 10.3. The number of benzene rings is 1. The van der Waals surface area contributed by atoms with E-state index in [-0.39, 0.29) is 5.56 Å². The quantitative estimate of drug-likeness (QED) is 0.233. The van der Waals surface area contributed by atoms with Gasteiger partial charge in [0.15, 0.2) is 23.5 Å². The predicted octanol–water partition coefficient (Wildman–Crippen LogP) is -0.811. The second kappa shape index (κ2) is 9.15. The van der Waals surface area contributed by atoms with Crippen LogP contribution in [0.15, 0.2) is 23.8 Å². The van der Waals surface area contributed by atoms with Crippen molar-refractivity contribution in [3.8, 4) is 17.2 Å². The van der Waals surface area contributed by atoms with E-state index in [1.165, 1.54) is 6.08 Å². The average Bonchev–Trinajstić information content (AvgIpc) is 3.15. The van der Waals surface area contributed by atoms with Gasteiger partial charge in [-0.25, -0.2) is 9.59 Å². The predicted molar refractivity (Wildman–Crippen MR) is 105 cm³/mol. The van der Waals surface area contributed by atoms with Crippen molar-refractivity contribution in [2.45, 2.75) is 62.2 Å². The van der Waals surface area contributed by atoms with Crippen LogP contribution in [0.1, 0.15) is 29.6 Å². The Morgan fingerprint density at radius 1 is 1.06 bits per heavy atom.